The summed E-state index contributed by atoms with van der Waals surface area (Å²) < 4.78 is 7.28. The highest BCUT2D eigenvalue weighted by Gasteiger charge is 2.16. The third-order valence-electron chi connectivity index (χ3n) is 4.55. The second-order valence-corrected chi connectivity index (χ2v) is 6.96. The average Bonchev–Trinajstić information content (AvgIpc) is 3.13. The first-order valence-electron chi connectivity index (χ1n) is 9.39. The summed E-state index contributed by atoms with van der Waals surface area (Å²) in [6.45, 7) is 2.23. The number of halogens is 1. The van der Waals surface area contributed by atoms with E-state index in [0.717, 1.165) is 0 Å². The van der Waals surface area contributed by atoms with E-state index in [0.29, 0.717) is 45.7 Å². The predicted molar refractivity (Wildman–Crippen MR) is 119 cm³/mol. The van der Waals surface area contributed by atoms with Crippen molar-refractivity contribution in [3.63, 3.8) is 0 Å². The normalized spacial score (nSPS) is 11.3. The number of benzene rings is 2. The average molecular weight is 437 g/mol. The van der Waals surface area contributed by atoms with Crippen molar-refractivity contribution in [2.24, 2.45) is 4.99 Å². The van der Waals surface area contributed by atoms with Gasteiger partial charge in [-0.2, -0.15) is 0 Å². The van der Waals surface area contributed by atoms with E-state index in [9.17, 15) is 15.2 Å². The second-order valence-electron chi connectivity index (χ2n) is 6.55. The van der Waals surface area contributed by atoms with Crippen LogP contribution < -0.4 is 4.74 Å². The maximum Gasteiger partial charge on any atom is 0.270 e. The summed E-state index contributed by atoms with van der Waals surface area (Å²) in [5, 5.41) is 21.5. The summed E-state index contributed by atoms with van der Waals surface area (Å²) in [5.41, 5.74) is 2.26. The quantitative estimate of drug-likeness (QED) is 0.247. The number of aliphatic imine (C=N–C) groups is 1. The van der Waals surface area contributed by atoms with Crippen LogP contribution in [0.5, 0.6) is 11.5 Å². The lowest BCUT2D eigenvalue weighted by atomic mass is 10.1. The number of phenolic OH excluding ortho intramolecular Hbond substituents is 1. The summed E-state index contributed by atoms with van der Waals surface area (Å²) in [7, 11) is 0. The molecule has 0 fully saturated rings. The second kappa shape index (κ2) is 8.45. The maximum atomic E-state index is 11.1. The molecule has 4 rings (SSSR count). The lowest BCUT2D eigenvalue weighted by Gasteiger charge is -2.07. The Hall–Kier alpha value is -3.91. The molecule has 4 aromatic rings. The van der Waals surface area contributed by atoms with Gasteiger partial charge in [-0.1, -0.05) is 17.7 Å². The lowest BCUT2D eigenvalue weighted by molar-refractivity contribution is -0.384. The third-order valence-corrected chi connectivity index (χ3v) is 4.90. The number of ether oxygens (including phenoxy) is 1. The van der Waals surface area contributed by atoms with Gasteiger partial charge in [0.1, 0.15) is 11.3 Å². The summed E-state index contributed by atoms with van der Waals surface area (Å²) >= 11 is 6.21. The highest BCUT2D eigenvalue weighted by Crippen LogP contribution is 2.36. The van der Waals surface area contributed by atoms with E-state index in [1.807, 2.05) is 31.3 Å². The summed E-state index contributed by atoms with van der Waals surface area (Å²) in [4.78, 5) is 19.8. The van der Waals surface area contributed by atoms with Crippen molar-refractivity contribution in [2.45, 2.75) is 6.92 Å². The molecule has 2 heterocycles. The molecule has 0 saturated carbocycles. The number of nitrogens with zero attached hydrogens (tertiary/aromatic N) is 4. The Morgan fingerprint density at radius 2 is 2.10 bits per heavy atom. The number of aromatic hydroxyl groups is 1. The van der Waals surface area contributed by atoms with E-state index < -0.39 is 4.92 Å². The minimum absolute atomic E-state index is 0.0304. The standard InChI is InChI=1S/C22H17ClN4O4/c1-2-31-19-12-14(6-9-18(19)28)21-22(26-10-4-3-5-20(26)25-21)24-13-15-11-16(27(29)30)7-8-17(15)23/h3-13,28H,2H2,1H3. The molecule has 1 N–H and O–H groups in total. The summed E-state index contributed by atoms with van der Waals surface area (Å²) in [6, 6.07) is 14.7. The summed E-state index contributed by atoms with van der Waals surface area (Å²) in [5.74, 6) is 0.878. The van der Waals surface area contributed by atoms with Gasteiger partial charge in [-0.25, -0.2) is 9.98 Å². The molecule has 2 aromatic carbocycles. The van der Waals surface area contributed by atoms with E-state index in [1.54, 1.807) is 16.5 Å². The van der Waals surface area contributed by atoms with Gasteiger partial charge in [0.15, 0.2) is 17.3 Å². The molecular weight excluding hydrogens is 420 g/mol. The zero-order valence-electron chi connectivity index (χ0n) is 16.4. The van der Waals surface area contributed by atoms with Crippen LogP contribution in [-0.4, -0.2) is 32.2 Å². The van der Waals surface area contributed by atoms with Gasteiger partial charge in [0, 0.05) is 40.7 Å². The Labute approximate surface area is 182 Å². The number of non-ortho nitro benzene ring substituents is 1. The SMILES string of the molecule is CCOc1cc(-c2nc3ccccn3c2N=Cc2cc([N+](=O)[O-])ccc2Cl)ccc1O. The van der Waals surface area contributed by atoms with Crippen LogP contribution in [0.15, 0.2) is 65.8 Å². The van der Waals surface area contributed by atoms with E-state index in [4.69, 9.17) is 16.3 Å². The fourth-order valence-electron chi connectivity index (χ4n) is 3.11. The molecule has 9 heteroatoms. The molecule has 8 nitrogen and oxygen atoms in total. The molecule has 0 amide bonds. The van der Waals surface area contributed by atoms with Gasteiger partial charge < -0.3 is 9.84 Å². The maximum absolute atomic E-state index is 11.1. The van der Waals surface area contributed by atoms with Crippen molar-refractivity contribution in [1.29, 1.82) is 0 Å². The van der Waals surface area contributed by atoms with Crippen LogP contribution in [-0.2, 0) is 0 Å². The van der Waals surface area contributed by atoms with Gasteiger partial charge in [-0.3, -0.25) is 14.5 Å². The van der Waals surface area contributed by atoms with Crippen LogP contribution in [0.25, 0.3) is 16.9 Å². The Morgan fingerprint density at radius 3 is 2.87 bits per heavy atom. The Kier molecular flexibility index (Phi) is 5.55. The number of hydrogen-bond donors (Lipinski definition) is 1. The minimum atomic E-state index is -0.487. The van der Waals surface area contributed by atoms with Crippen molar-refractivity contribution >= 4 is 35.0 Å². The Bertz CT molecular complexity index is 1320. The van der Waals surface area contributed by atoms with Crippen LogP contribution in [0.3, 0.4) is 0 Å². The molecule has 0 atom stereocenters. The van der Waals surface area contributed by atoms with E-state index in [1.165, 1.54) is 30.5 Å². The van der Waals surface area contributed by atoms with Crippen molar-refractivity contribution in [2.75, 3.05) is 6.61 Å². The number of nitro benzene ring substituents is 1. The van der Waals surface area contributed by atoms with Crippen molar-refractivity contribution in [3.8, 4) is 22.8 Å². The zero-order chi connectivity index (χ0) is 22.0. The van der Waals surface area contributed by atoms with Gasteiger partial charge in [0.05, 0.1) is 11.5 Å². The number of imidazole rings is 1. The molecule has 156 valence electrons. The van der Waals surface area contributed by atoms with Crippen molar-refractivity contribution in [1.82, 2.24) is 9.38 Å². The number of hydrogen-bond acceptors (Lipinski definition) is 6. The van der Waals surface area contributed by atoms with Gasteiger partial charge >= 0.3 is 0 Å². The highest BCUT2D eigenvalue weighted by molar-refractivity contribution is 6.33. The molecule has 31 heavy (non-hydrogen) atoms. The summed E-state index contributed by atoms with van der Waals surface area (Å²) in [6.07, 6.45) is 3.29. The minimum Gasteiger partial charge on any atom is -0.504 e. The molecule has 0 aliphatic rings. The monoisotopic (exact) mass is 436 g/mol. The van der Waals surface area contributed by atoms with Crippen molar-refractivity contribution in [3.05, 3.63) is 81.5 Å². The third kappa shape index (κ3) is 4.06. The molecule has 2 aromatic heterocycles. The van der Waals surface area contributed by atoms with Crippen LogP contribution in [0.1, 0.15) is 12.5 Å². The fourth-order valence-corrected chi connectivity index (χ4v) is 3.27. The topological polar surface area (TPSA) is 102 Å². The van der Waals surface area contributed by atoms with E-state index in [2.05, 4.69) is 9.98 Å². The Balaban J connectivity index is 1.85. The van der Waals surface area contributed by atoms with E-state index >= 15 is 0 Å². The first kappa shape index (κ1) is 20.4. The van der Waals surface area contributed by atoms with Crippen molar-refractivity contribution < 1.29 is 14.8 Å². The van der Waals surface area contributed by atoms with Crippen LogP contribution in [0, 0.1) is 10.1 Å². The molecule has 0 radical (unpaired) electrons. The zero-order valence-corrected chi connectivity index (χ0v) is 17.2. The number of aromatic nitrogens is 2. The highest BCUT2D eigenvalue weighted by atomic mass is 35.5. The number of nitro groups is 1. The molecule has 0 aliphatic heterocycles. The van der Waals surface area contributed by atoms with Gasteiger partial charge in [0.25, 0.3) is 5.69 Å². The van der Waals surface area contributed by atoms with Crippen LogP contribution in [0.2, 0.25) is 5.02 Å². The van der Waals surface area contributed by atoms with Gasteiger partial charge in [0.2, 0.25) is 0 Å². The first-order valence-corrected chi connectivity index (χ1v) is 9.77. The van der Waals surface area contributed by atoms with Crippen LogP contribution in [0.4, 0.5) is 11.5 Å². The molecular formula is C22H17ClN4O4. The molecule has 0 aliphatic carbocycles. The predicted octanol–water partition coefficient (Wildman–Crippen LogP) is 5.42. The molecule has 0 saturated heterocycles. The smallest absolute Gasteiger partial charge is 0.270 e. The number of fused-ring (bicyclic) bond motifs is 1. The van der Waals surface area contributed by atoms with E-state index in [-0.39, 0.29) is 11.4 Å². The van der Waals surface area contributed by atoms with Gasteiger partial charge in [-0.15, -0.1) is 0 Å². The largest absolute Gasteiger partial charge is 0.504 e. The molecule has 0 bridgehead atoms. The number of pyridine rings is 1. The number of rotatable bonds is 6. The first-order chi connectivity index (χ1) is 15.0. The van der Waals surface area contributed by atoms with Crippen LogP contribution >= 0.6 is 11.6 Å². The van der Waals surface area contributed by atoms with Gasteiger partial charge in [-0.05, 0) is 43.3 Å². The number of phenols is 1. The molecule has 0 spiro atoms. The fraction of sp³-hybridized carbons (Fsp3) is 0.0909. The lowest BCUT2D eigenvalue weighted by Crippen LogP contribution is -1.93. The Morgan fingerprint density at radius 1 is 1.26 bits per heavy atom. The molecule has 0 unspecified atom stereocenters.